The molecule has 0 bridgehead atoms. The maximum Gasteiger partial charge on any atom is 0.270 e. The predicted octanol–water partition coefficient (Wildman–Crippen LogP) is 0.846. The first-order valence-electron chi connectivity index (χ1n) is 4.18. The fraction of sp³-hybridized carbons (Fsp3) is 0.333. The number of nitrogens with zero attached hydrogens (tertiary/aromatic N) is 1. The highest BCUT2D eigenvalue weighted by atomic mass is 35.5. The third-order valence-electron chi connectivity index (χ3n) is 1.51. The normalized spacial score (nSPS) is 12.2. The van der Waals surface area contributed by atoms with Crippen molar-refractivity contribution >= 4 is 17.5 Å². The lowest BCUT2D eigenvalue weighted by Gasteiger charge is -2.06. The van der Waals surface area contributed by atoms with Crippen LogP contribution in [0.5, 0.6) is 0 Å². The van der Waals surface area contributed by atoms with E-state index in [0.29, 0.717) is 0 Å². The average molecular weight is 215 g/mol. The van der Waals surface area contributed by atoms with Crippen LogP contribution in [-0.2, 0) is 0 Å². The van der Waals surface area contributed by atoms with Crippen LogP contribution in [-0.4, -0.2) is 28.6 Å². The Bertz CT molecular complexity index is 328. The van der Waals surface area contributed by atoms with E-state index in [0.717, 1.165) is 0 Å². The Kier molecular flexibility index (Phi) is 3.85. The van der Waals surface area contributed by atoms with Crippen molar-refractivity contribution in [1.82, 2.24) is 10.3 Å². The smallest absolute Gasteiger partial charge is 0.270 e. The summed E-state index contributed by atoms with van der Waals surface area (Å²) >= 11 is 5.61. The fourth-order valence-electron chi connectivity index (χ4n) is 0.866. The summed E-state index contributed by atoms with van der Waals surface area (Å²) < 4.78 is 0. The summed E-state index contributed by atoms with van der Waals surface area (Å²) in [6.07, 6.45) is -0.571. The Hall–Kier alpha value is -1.13. The van der Waals surface area contributed by atoms with E-state index in [4.69, 9.17) is 16.7 Å². The van der Waals surface area contributed by atoms with E-state index in [2.05, 4.69) is 10.3 Å². The van der Waals surface area contributed by atoms with Crippen molar-refractivity contribution in [3.8, 4) is 0 Å². The standard InChI is InChI=1S/C9H11ClN2O2/c1-6(13)5-11-9(14)7-3-2-4-8(10)12-7/h2-4,6,13H,5H2,1H3,(H,11,14)/t6-/m0/s1. The van der Waals surface area contributed by atoms with Crippen LogP contribution in [0.15, 0.2) is 18.2 Å². The molecule has 0 unspecified atom stereocenters. The van der Waals surface area contributed by atoms with Crippen LogP contribution in [0.3, 0.4) is 0 Å². The van der Waals surface area contributed by atoms with Gasteiger partial charge in [-0.2, -0.15) is 0 Å². The molecule has 4 nitrogen and oxygen atoms in total. The van der Waals surface area contributed by atoms with E-state index >= 15 is 0 Å². The van der Waals surface area contributed by atoms with E-state index in [-0.39, 0.29) is 23.3 Å². The molecule has 0 radical (unpaired) electrons. The van der Waals surface area contributed by atoms with Gasteiger partial charge < -0.3 is 10.4 Å². The van der Waals surface area contributed by atoms with Crippen molar-refractivity contribution in [2.45, 2.75) is 13.0 Å². The van der Waals surface area contributed by atoms with Crippen LogP contribution in [0.25, 0.3) is 0 Å². The summed E-state index contributed by atoms with van der Waals surface area (Å²) in [5.74, 6) is -0.339. The minimum Gasteiger partial charge on any atom is -0.392 e. The maximum atomic E-state index is 11.4. The van der Waals surface area contributed by atoms with E-state index in [1.54, 1.807) is 25.1 Å². The van der Waals surface area contributed by atoms with Gasteiger partial charge in [0.15, 0.2) is 0 Å². The second-order valence-electron chi connectivity index (χ2n) is 2.90. The SMILES string of the molecule is C[C@H](O)CNC(=O)c1cccc(Cl)n1. The summed E-state index contributed by atoms with van der Waals surface area (Å²) in [4.78, 5) is 15.2. The largest absolute Gasteiger partial charge is 0.392 e. The van der Waals surface area contributed by atoms with Crippen molar-refractivity contribution in [3.63, 3.8) is 0 Å². The Morgan fingerprint density at radius 3 is 3.00 bits per heavy atom. The summed E-state index contributed by atoms with van der Waals surface area (Å²) in [7, 11) is 0. The molecule has 1 heterocycles. The highest BCUT2D eigenvalue weighted by Crippen LogP contribution is 2.04. The maximum absolute atomic E-state index is 11.4. The molecule has 1 atom stereocenters. The number of halogens is 1. The molecule has 1 aromatic rings. The molecule has 14 heavy (non-hydrogen) atoms. The molecule has 0 saturated heterocycles. The first-order valence-corrected chi connectivity index (χ1v) is 4.56. The van der Waals surface area contributed by atoms with Crippen molar-refractivity contribution in [3.05, 3.63) is 29.0 Å². The Balaban J connectivity index is 2.61. The monoisotopic (exact) mass is 214 g/mol. The third kappa shape index (κ3) is 3.32. The average Bonchev–Trinajstić information content (AvgIpc) is 2.14. The van der Waals surface area contributed by atoms with Crippen molar-refractivity contribution in [2.24, 2.45) is 0 Å². The Morgan fingerprint density at radius 1 is 1.71 bits per heavy atom. The quantitative estimate of drug-likeness (QED) is 0.734. The van der Waals surface area contributed by atoms with Crippen LogP contribution in [0.1, 0.15) is 17.4 Å². The van der Waals surface area contributed by atoms with Crippen molar-refractivity contribution in [1.29, 1.82) is 0 Å². The molecule has 1 amide bonds. The van der Waals surface area contributed by atoms with Gasteiger partial charge in [0.1, 0.15) is 10.8 Å². The number of carbonyl (C=O) groups is 1. The molecular weight excluding hydrogens is 204 g/mol. The minimum absolute atomic E-state index is 0.201. The number of hydrogen-bond donors (Lipinski definition) is 2. The number of carbonyl (C=O) groups excluding carboxylic acids is 1. The van der Waals surface area contributed by atoms with Crippen LogP contribution in [0, 0.1) is 0 Å². The van der Waals surface area contributed by atoms with Gasteiger partial charge in [-0.3, -0.25) is 4.79 Å². The van der Waals surface area contributed by atoms with Gasteiger partial charge >= 0.3 is 0 Å². The zero-order valence-corrected chi connectivity index (χ0v) is 8.45. The molecule has 0 aliphatic heterocycles. The molecule has 1 rings (SSSR count). The molecule has 5 heteroatoms. The molecule has 1 aromatic heterocycles. The first kappa shape index (κ1) is 10.9. The highest BCUT2D eigenvalue weighted by Gasteiger charge is 2.07. The Labute approximate surface area is 86.9 Å². The highest BCUT2D eigenvalue weighted by molar-refractivity contribution is 6.29. The van der Waals surface area contributed by atoms with Gasteiger partial charge in [0.05, 0.1) is 6.10 Å². The fourth-order valence-corrected chi connectivity index (χ4v) is 1.03. The number of nitrogens with one attached hydrogen (secondary N) is 1. The van der Waals surface area contributed by atoms with Gasteiger partial charge in [-0.25, -0.2) is 4.98 Å². The van der Waals surface area contributed by atoms with Gasteiger partial charge in [0.2, 0.25) is 0 Å². The number of rotatable bonds is 3. The van der Waals surface area contributed by atoms with Crippen LogP contribution >= 0.6 is 11.6 Å². The topological polar surface area (TPSA) is 62.2 Å². The second kappa shape index (κ2) is 4.93. The van der Waals surface area contributed by atoms with Gasteiger partial charge in [-0.05, 0) is 19.1 Å². The molecule has 76 valence electrons. The van der Waals surface area contributed by atoms with Crippen molar-refractivity contribution in [2.75, 3.05) is 6.54 Å². The molecule has 0 spiro atoms. The second-order valence-corrected chi connectivity index (χ2v) is 3.29. The molecule has 0 aromatic carbocycles. The van der Waals surface area contributed by atoms with E-state index < -0.39 is 6.10 Å². The lowest BCUT2D eigenvalue weighted by molar-refractivity contribution is 0.0919. The summed E-state index contributed by atoms with van der Waals surface area (Å²) in [6, 6.07) is 4.79. The molecule has 0 aliphatic carbocycles. The van der Waals surface area contributed by atoms with Gasteiger partial charge in [0.25, 0.3) is 5.91 Å². The van der Waals surface area contributed by atoms with Crippen LogP contribution < -0.4 is 5.32 Å². The number of aliphatic hydroxyl groups excluding tert-OH is 1. The van der Waals surface area contributed by atoms with Gasteiger partial charge in [0, 0.05) is 6.54 Å². The zero-order chi connectivity index (χ0) is 10.6. The molecule has 0 fully saturated rings. The third-order valence-corrected chi connectivity index (χ3v) is 1.72. The summed E-state index contributed by atoms with van der Waals surface area (Å²) in [6.45, 7) is 1.79. The predicted molar refractivity (Wildman–Crippen MR) is 53.3 cm³/mol. The number of pyridine rings is 1. The molecule has 0 saturated carbocycles. The van der Waals surface area contributed by atoms with E-state index in [1.807, 2.05) is 0 Å². The van der Waals surface area contributed by atoms with Crippen LogP contribution in [0.2, 0.25) is 5.15 Å². The lowest BCUT2D eigenvalue weighted by Crippen LogP contribution is -2.31. The van der Waals surface area contributed by atoms with E-state index in [9.17, 15) is 4.79 Å². The number of amides is 1. The first-order chi connectivity index (χ1) is 6.59. The van der Waals surface area contributed by atoms with Crippen LogP contribution in [0.4, 0.5) is 0 Å². The minimum atomic E-state index is -0.571. The number of aliphatic hydroxyl groups is 1. The lowest BCUT2D eigenvalue weighted by atomic mass is 10.3. The molecule has 0 aliphatic rings. The molecule has 2 N–H and O–H groups in total. The molecular formula is C9H11ClN2O2. The van der Waals surface area contributed by atoms with Gasteiger partial charge in [-0.15, -0.1) is 0 Å². The summed E-state index contributed by atoms with van der Waals surface area (Å²) in [5, 5.41) is 11.7. The van der Waals surface area contributed by atoms with Gasteiger partial charge in [-0.1, -0.05) is 17.7 Å². The van der Waals surface area contributed by atoms with E-state index in [1.165, 1.54) is 0 Å². The number of hydrogen-bond acceptors (Lipinski definition) is 3. The van der Waals surface area contributed by atoms with Crippen molar-refractivity contribution < 1.29 is 9.90 Å². The Morgan fingerprint density at radius 2 is 2.43 bits per heavy atom. The summed E-state index contributed by atoms with van der Waals surface area (Å²) in [5.41, 5.74) is 0.248. The number of aromatic nitrogens is 1. The zero-order valence-electron chi connectivity index (χ0n) is 7.70.